The van der Waals surface area contributed by atoms with Crippen LogP contribution in [0.15, 0.2) is 96.2 Å². The van der Waals surface area contributed by atoms with Crippen LogP contribution >= 0.6 is 0 Å². The molecule has 0 heterocycles. The van der Waals surface area contributed by atoms with Crippen molar-refractivity contribution in [2.75, 3.05) is 0 Å². The molecule has 4 nitrogen and oxygen atoms in total. The van der Waals surface area contributed by atoms with Crippen molar-refractivity contribution in [1.29, 1.82) is 0 Å². The molecule has 0 bridgehead atoms. The van der Waals surface area contributed by atoms with Gasteiger partial charge in [0.25, 0.3) is 0 Å². The lowest BCUT2D eigenvalue weighted by Crippen LogP contribution is -2.16. The number of benzene rings is 3. The number of aryl methyl sites for hydroxylation is 2. The number of nitrogens with two attached hydrogens (primary N) is 1. The number of allylic oxidation sites excluding steroid dienone is 1. The molecule has 0 aliphatic carbocycles. The van der Waals surface area contributed by atoms with Gasteiger partial charge in [0.05, 0.1) is 5.71 Å². The highest BCUT2D eigenvalue weighted by atomic mass is 15.5. The summed E-state index contributed by atoms with van der Waals surface area (Å²) in [5, 5.41) is 4.06. The van der Waals surface area contributed by atoms with Crippen molar-refractivity contribution in [2.24, 2.45) is 15.9 Å². The van der Waals surface area contributed by atoms with E-state index in [1.807, 2.05) is 26.0 Å². The van der Waals surface area contributed by atoms with Gasteiger partial charge in [0.2, 0.25) is 0 Å². The van der Waals surface area contributed by atoms with Crippen LogP contribution in [0.2, 0.25) is 0 Å². The van der Waals surface area contributed by atoms with Gasteiger partial charge in [0, 0.05) is 17.5 Å². The summed E-state index contributed by atoms with van der Waals surface area (Å²) in [7, 11) is 0. The number of rotatable bonds is 10. The second-order valence-corrected chi connectivity index (χ2v) is 9.66. The van der Waals surface area contributed by atoms with E-state index >= 15 is 0 Å². The quantitative estimate of drug-likeness (QED) is 0.111. The Hall–Kier alpha value is -4.20. The maximum Gasteiger partial charge on any atom is 0.0666 e. The molecular formula is C38H52N4. The van der Waals surface area contributed by atoms with Crippen LogP contribution in [0.1, 0.15) is 95.0 Å². The van der Waals surface area contributed by atoms with Crippen LogP contribution in [0.3, 0.4) is 0 Å². The highest BCUT2D eigenvalue weighted by Crippen LogP contribution is 2.25. The van der Waals surface area contributed by atoms with Gasteiger partial charge in [-0.2, -0.15) is 5.10 Å². The molecule has 0 fully saturated rings. The average molecular weight is 565 g/mol. The highest BCUT2D eigenvalue weighted by Gasteiger charge is 2.07. The smallest absolute Gasteiger partial charge is 0.0666 e. The zero-order chi connectivity index (χ0) is 31.9. The van der Waals surface area contributed by atoms with E-state index in [0.29, 0.717) is 0 Å². The van der Waals surface area contributed by atoms with Gasteiger partial charge >= 0.3 is 0 Å². The maximum absolute atomic E-state index is 5.26. The van der Waals surface area contributed by atoms with E-state index in [2.05, 4.69) is 131 Å². The molecule has 0 aliphatic heterocycles. The summed E-state index contributed by atoms with van der Waals surface area (Å²) in [6.45, 7) is 22.4. The van der Waals surface area contributed by atoms with Crippen molar-refractivity contribution in [3.05, 3.63) is 114 Å². The monoisotopic (exact) mass is 564 g/mol. The number of nitrogens with zero attached hydrogens (tertiary/aromatic N) is 2. The summed E-state index contributed by atoms with van der Waals surface area (Å²) >= 11 is 0. The van der Waals surface area contributed by atoms with Crippen LogP contribution in [0.25, 0.3) is 16.7 Å². The number of unbranched alkanes of at least 4 members (excludes halogenated alkanes) is 2. The van der Waals surface area contributed by atoms with Crippen molar-refractivity contribution in [1.82, 2.24) is 5.53 Å². The van der Waals surface area contributed by atoms with Gasteiger partial charge in [0.1, 0.15) is 0 Å². The molecule has 3 N–H and O–H groups in total. The van der Waals surface area contributed by atoms with Crippen LogP contribution in [-0.4, -0.2) is 11.4 Å². The zero-order valence-corrected chi connectivity index (χ0v) is 27.0. The lowest BCUT2D eigenvalue weighted by molar-refractivity contribution is 0.772. The number of terminal acetylenes is 1. The number of aliphatic imine (C=N–C) groups is 1. The van der Waals surface area contributed by atoms with Crippen molar-refractivity contribution in [2.45, 2.75) is 80.6 Å². The Labute approximate surface area is 256 Å². The number of hydrogen-bond acceptors (Lipinski definition) is 4. The molecule has 0 aliphatic rings. The molecular weight excluding hydrogens is 512 g/mol. The van der Waals surface area contributed by atoms with Gasteiger partial charge in [-0.15, -0.1) is 12.8 Å². The Balaban J connectivity index is 0.000000663. The fourth-order valence-electron chi connectivity index (χ4n) is 4.12. The summed E-state index contributed by atoms with van der Waals surface area (Å²) in [5.74, 6) is 5.26. The molecule has 3 rings (SSSR count). The first-order valence-electron chi connectivity index (χ1n) is 14.7. The summed E-state index contributed by atoms with van der Waals surface area (Å²) in [4.78, 5) is 4.23. The molecule has 0 atom stereocenters. The third-order valence-corrected chi connectivity index (χ3v) is 6.68. The molecule has 4 heteroatoms. The minimum atomic E-state index is 0.873. The zero-order valence-electron chi connectivity index (χ0n) is 27.0. The Morgan fingerprint density at radius 3 is 2.00 bits per heavy atom. The number of nitrogens with one attached hydrogen (secondary N) is 1. The van der Waals surface area contributed by atoms with E-state index in [4.69, 9.17) is 5.84 Å². The van der Waals surface area contributed by atoms with Crippen molar-refractivity contribution < 1.29 is 0 Å². The molecule has 3 aromatic rings. The average Bonchev–Trinajstić information content (AvgIpc) is 3.03. The molecule has 42 heavy (non-hydrogen) atoms. The third kappa shape index (κ3) is 13.0. The second-order valence-electron chi connectivity index (χ2n) is 9.66. The molecule has 224 valence electrons. The molecule has 0 spiro atoms. The number of hydrazone groups is 1. The Bertz CT molecular complexity index is 1290. The topological polar surface area (TPSA) is 62.8 Å². The first-order chi connectivity index (χ1) is 20.3. The van der Waals surface area contributed by atoms with Crippen molar-refractivity contribution in [3.8, 4) is 24.0 Å². The summed E-state index contributed by atoms with van der Waals surface area (Å²) in [5.41, 5.74) is 13.8. The van der Waals surface area contributed by atoms with Crippen LogP contribution in [-0.2, 0) is 6.42 Å². The van der Waals surface area contributed by atoms with Gasteiger partial charge in [-0.1, -0.05) is 121 Å². The predicted octanol–water partition coefficient (Wildman–Crippen LogP) is 9.92. The largest absolute Gasteiger partial charge is 0.262 e. The summed E-state index contributed by atoms with van der Waals surface area (Å²) in [6.07, 6.45) is 15.7. The van der Waals surface area contributed by atoms with Gasteiger partial charge < -0.3 is 0 Å². The van der Waals surface area contributed by atoms with E-state index in [-0.39, 0.29) is 0 Å². The minimum absolute atomic E-state index is 0.873. The second kappa shape index (κ2) is 22.5. The van der Waals surface area contributed by atoms with Crippen LogP contribution in [0, 0.1) is 19.8 Å². The van der Waals surface area contributed by atoms with Crippen LogP contribution < -0.4 is 11.4 Å². The van der Waals surface area contributed by atoms with Gasteiger partial charge in [-0.25, -0.2) is 11.4 Å². The van der Waals surface area contributed by atoms with Crippen LogP contribution in [0.4, 0.5) is 0 Å². The van der Waals surface area contributed by atoms with Gasteiger partial charge in [-0.05, 0) is 78.6 Å². The molecule has 0 saturated heterocycles. The lowest BCUT2D eigenvalue weighted by atomic mass is 9.96. The number of hydrogen-bond donors (Lipinski definition) is 2. The summed E-state index contributed by atoms with van der Waals surface area (Å²) < 4.78 is 0. The van der Waals surface area contributed by atoms with E-state index in [9.17, 15) is 0 Å². The van der Waals surface area contributed by atoms with Gasteiger partial charge in [0.15, 0.2) is 0 Å². The molecule has 0 saturated carbocycles. The SMILES string of the molecule is C#C.C=CN=C(C)c1cc(C(=C)CC)ccc1C.CCCCC.CCc1ccc(-c2ccccc2/C(C)=N/NN)cc1. The Kier molecular flexibility index (Phi) is 20.2. The first kappa shape index (κ1) is 37.8. The molecule has 0 radical (unpaired) electrons. The fraction of sp³-hybridized carbons (Fsp3) is 0.316. The lowest BCUT2D eigenvalue weighted by Gasteiger charge is -2.10. The maximum atomic E-state index is 5.26. The van der Waals surface area contributed by atoms with Crippen molar-refractivity contribution in [3.63, 3.8) is 0 Å². The van der Waals surface area contributed by atoms with Gasteiger partial charge in [-0.3, -0.25) is 4.99 Å². The standard InChI is InChI=1S/C16H19N3.C15H19N.C5H12.C2H2/c1-3-13-8-10-14(11-9-13)16-7-5-4-6-15(16)12(2)18-19-17;1-6-11(3)14-9-8-12(4)15(10-14)13(5)16-7-2;1-3-5-4-2;1-2/h4-11,19H,3,17H2,1-2H3;7-10H,2-3,6H2,1,4-5H3;3-5H2,1-2H3;1-2H/b18-12+;;;. The minimum Gasteiger partial charge on any atom is -0.262 e. The van der Waals surface area contributed by atoms with E-state index in [1.54, 1.807) is 6.20 Å². The number of hydrazine groups is 1. The normalized spacial score (nSPS) is 10.5. The summed E-state index contributed by atoms with van der Waals surface area (Å²) in [6, 6.07) is 23.2. The van der Waals surface area contributed by atoms with Crippen LogP contribution in [0.5, 0.6) is 0 Å². The van der Waals surface area contributed by atoms with E-state index in [0.717, 1.165) is 35.4 Å². The van der Waals surface area contributed by atoms with E-state index < -0.39 is 0 Å². The molecule has 0 unspecified atom stereocenters. The first-order valence-corrected chi connectivity index (χ1v) is 14.7. The Morgan fingerprint density at radius 2 is 1.50 bits per heavy atom. The predicted molar refractivity (Wildman–Crippen MR) is 189 cm³/mol. The van der Waals surface area contributed by atoms with Crippen molar-refractivity contribution >= 4 is 17.0 Å². The fourth-order valence-corrected chi connectivity index (χ4v) is 4.12. The molecule has 0 amide bonds. The Morgan fingerprint density at radius 1 is 0.881 bits per heavy atom. The third-order valence-electron chi connectivity index (χ3n) is 6.68. The highest BCUT2D eigenvalue weighted by molar-refractivity contribution is 6.04. The molecule has 3 aromatic carbocycles. The van der Waals surface area contributed by atoms with E-state index in [1.165, 1.54) is 52.6 Å². The molecule has 0 aromatic heterocycles.